The standard InChI is InChI=1S/C6H5Cl2NO/c1-4-5(7)2-3-9(4)6(8)10/h2-3H,1H3. The molecule has 1 rings (SSSR count). The second-order valence-corrected chi connectivity index (χ2v) is 2.60. The van der Waals surface area contributed by atoms with Gasteiger partial charge in [-0.3, -0.25) is 9.36 Å². The van der Waals surface area contributed by atoms with Crippen LogP contribution in [0.4, 0.5) is 4.79 Å². The quantitative estimate of drug-likeness (QED) is 0.559. The largest absolute Gasteiger partial charge is 0.324 e. The number of carbonyl (C=O) groups is 1. The van der Waals surface area contributed by atoms with Crippen molar-refractivity contribution in [2.24, 2.45) is 0 Å². The molecule has 0 saturated carbocycles. The maximum absolute atomic E-state index is 10.5. The summed E-state index contributed by atoms with van der Waals surface area (Å²) in [6.45, 7) is 1.72. The Kier molecular flexibility index (Phi) is 2.02. The van der Waals surface area contributed by atoms with Gasteiger partial charge in [0, 0.05) is 11.9 Å². The van der Waals surface area contributed by atoms with E-state index < -0.39 is 5.37 Å². The number of rotatable bonds is 0. The van der Waals surface area contributed by atoms with Crippen molar-refractivity contribution < 1.29 is 4.79 Å². The first-order chi connectivity index (χ1) is 4.63. The first-order valence-corrected chi connectivity index (χ1v) is 3.42. The van der Waals surface area contributed by atoms with E-state index in [4.69, 9.17) is 23.2 Å². The number of carbonyl (C=O) groups excluding carboxylic acids is 1. The lowest BCUT2D eigenvalue weighted by atomic mass is 10.5. The molecule has 1 aromatic heterocycles. The summed E-state index contributed by atoms with van der Waals surface area (Å²) >= 11 is 10.8. The first-order valence-electron chi connectivity index (χ1n) is 2.66. The third-order valence-corrected chi connectivity index (χ3v) is 1.85. The lowest BCUT2D eigenvalue weighted by Gasteiger charge is -1.95. The van der Waals surface area contributed by atoms with Crippen LogP contribution in [0.2, 0.25) is 5.02 Å². The molecule has 0 amide bonds. The van der Waals surface area contributed by atoms with Gasteiger partial charge in [0.1, 0.15) is 0 Å². The third kappa shape index (κ3) is 1.18. The fraction of sp³-hybridized carbons (Fsp3) is 0.167. The number of hydrogen-bond acceptors (Lipinski definition) is 1. The Morgan fingerprint density at radius 1 is 1.70 bits per heavy atom. The van der Waals surface area contributed by atoms with Crippen molar-refractivity contribution in [2.75, 3.05) is 0 Å². The zero-order valence-electron chi connectivity index (χ0n) is 5.27. The van der Waals surface area contributed by atoms with Crippen LogP contribution in [-0.4, -0.2) is 9.93 Å². The van der Waals surface area contributed by atoms with Crippen molar-refractivity contribution in [2.45, 2.75) is 6.92 Å². The van der Waals surface area contributed by atoms with Gasteiger partial charge < -0.3 is 0 Å². The Hall–Kier alpha value is -0.470. The summed E-state index contributed by atoms with van der Waals surface area (Å²) in [5.41, 5.74) is 0.668. The maximum atomic E-state index is 10.5. The molecule has 0 atom stereocenters. The van der Waals surface area contributed by atoms with Crippen LogP contribution < -0.4 is 0 Å². The third-order valence-electron chi connectivity index (χ3n) is 1.27. The van der Waals surface area contributed by atoms with Crippen molar-refractivity contribution in [1.82, 2.24) is 4.57 Å². The molecular formula is C6H5Cl2NO. The van der Waals surface area contributed by atoms with Crippen molar-refractivity contribution in [3.8, 4) is 0 Å². The van der Waals surface area contributed by atoms with Crippen molar-refractivity contribution in [3.63, 3.8) is 0 Å². The topological polar surface area (TPSA) is 22.0 Å². The number of hydrogen-bond donors (Lipinski definition) is 0. The predicted octanol–water partition coefficient (Wildman–Crippen LogP) is 2.66. The minimum Gasteiger partial charge on any atom is -0.277 e. The second kappa shape index (κ2) is 2.64. The molecule has 0 spiro atoms. The highest BCUT2D eigenvalue weighted by molar-refractivity contribution is 6.63. The van der Waals surface area contributed by atoms with Gasteiger partial charge in [-0.15, -0.1) is 0 Å². The van der Waals surface area contributed by atoms with Gasteiger partial charge in [0.2, 0.25) is 0 Å². The molecule has 1 aromatic rings. The normalized spacial score (nSPS) is 9.90. The van der Waals surface area contributed by atoms with Crippen molar-refractivity contribution in [3.05, 3.63) is 23.0 Å². The van der Waals surface area contributed by atoms with Gasteiger partial charge in [0.25, 0.3) is 0 Å². The van der Waals surface area contributed by atoms with Gasteiger partial charge in [-0.25, -0.2) is 0 Å². The molecule has 0 radical (unpaired) electrons. The van der Waals surface area contributed by atoms with E-state index >= 15 is 0 Å². The number of nitrogens with zero attached hydrogens (tertiary/aromatic N) is 1. The number of aromatic nitrogens is 1. The minimum atomic E-state index is -0.538. The summed E-state index contributed by atoms with van der Waals surface area (Å²) in [5, 5.41) is 0.0124. The van der Waals surface area contributed by atoms with Crippen LogP contribution in [0.15, 0.2) is 12.3 Å². The van der Waals surface area contributed by atoms with E-state index in [1.807, 2.05) is 0 Å². The highest BCUT2D eigenvalue weighted by atomic mass is 35.5. The monoisotopic (exact) mass is 177 g/mol. The molecule has 0 N–H and O–H groups in total. The molecule has 4 heteroatoms. The molecule has 10 heavy (non-hydrogen) atoms. The molecule has 0 aliphatic carbocycles. The van der Waals surface area contributed by atoms with Crippen LogP contribution in [0, 0.1) is 6.92 Å². The van der Waals surface area contributed by atoms with Gasteiger partial charge in [-0.1, -0.05) is 11.6 Å². The summed E-state index contributed by atoms with van der Waals surface area (Å²) in [7, 11) is 0. The van der Waals surface area contributed by atoms with Crippen LogP contribution in [0.3, 0.4) is 0 Å². The van der Waals surface area contributed by atoms with Crippen molar-refractivity contribution in [1.29, 1.82) is 0 Å². The first kappa shape index (κ1) is 7.63. The average molecular weight is 178 g/mol. The Bertz CT molecular complexity index is 267. The molecule has 0 saturated heterocycles. The summed E-state index contributed by atoms with van der Waals surface area (Å²) < 4.78 is 1.28. The molecule has 1 heterocycles. The van der Waals surface area contributed by atoms with Crippen LogP contribution in [0.1, 0.15) is 5.69 Å². The van der Waals surface area contributed by atoms with Gasteiger partial charge in [0.05, 0.1) is 5.02 Å². The molecule has 0 aliphatic rings. The van der Waals surface area contributed by atoms with Gasteiger partial charge >= 0.3 is 5.37 Å². The molecule has 0 aliphatic heterocycles. The smallest absolute Gasteiger partial charge is 0.277 e. The Balaban J connectivity index is 3.17. The minimum absolute atomic E-state index is 0.538. The zero-order chi connectivity index (χ0) is 7.72. The Labute approximate surface area is 68.3 Å². The summed E-state index contributed by atoms with van der Waals surface area (Å²) in [5.74, 6) is 0. The number of halogens is 2. The molecule has 2 nitrogen and oxygen atoms in total. The van der Waals surface area contributed by atoms with E-state index in [1.165, 1.54) is 10.8 Å². The van der Waals surface area contributed by atoms with Gasteiger partial charge in [0.15, 0.2) is 0 Å². The van der Waals surface area contributed by atoms with E-state index in [1.54, 1.807) is 13.0 Å². The highest BCUT2D eigenvalue weighted by Crippen LogP contribution is 2.16. The summed E-state index contributed by atoms with van der Waals surface area (Å²) in [6.07, 6.45) is 1.53. The molecule has 0 fully saturated rings. The fourth-order valence-corrected chi connectivity index (χ4v) is 1.01. The summed E-state index contributed by atoms with van der Waals surface area (Å²) in [6, 6.07) is 1.62. The lowest BCUT2D eigenvalue weighted by Crippen LogP contribution is -2.01. The van der Waals surface area contributed by atoms with Crippen LogP contribution in [-0.2, 0) is 0 Å². The van der Waals surface area contributed by atoms with Crippen LogP contribution in [0.25, 0.3) is 0 Å². The summed E-state index contributed by atoms with van der Waals surface area (Å²) in [4.78, 5) is 10.5. The van der Waals surface area contributed by atoms with Gasteiger partial charge in [-0.05, 0) is 24.6 Å². The highest BCUT2D eigenvalue weighted by Gasteiger charge is 2.05. The molecule has 54 valence electrons. The fourth-order valence-electron chi connectivity index (χ4n) is 0.678. The van der Waals surface area contributed by atoms with Crippen LogP contribution >= 0.6 is 23.2 Å². The van der Waals surface area contributed by atoms with Crippen LogP contribution in [0.5, 0.6) is 0 Å². The van der Waals surface area contributed by atoms with Gasteiger partial charge in [-0.2, -0.15) is 0 Å². The Morgan fingerprint density at radius 2 is 2.30 bits per heavy atom. The van der Waals surface area contributed by atoms with E-state index in [0.29, 0.717) is 10.7 Å². The SMILES string of the molecule is Cc1c(Cl)ccn1C(=O)Cl. The van der Waals surface area contributed by atoms with E-state index in [-0.39, 0.29) is 0 Å². The Morgan fingerprint density at radius 3 is 2.50 bits per heavy atom. The lowest BCUT2D eigenvalue weighted by molar-refractivity contribution is 0.260. The molecular weight excluding hydrogens is 173 g/mol. The molecule has 0 aromatic carbocycles. The molecule has 0 unspecified atom stereocenters. The average Bonchev–Trinajstić information content (AvgIpc) is 2.14. The molecule has 0 bridgehead atoms. The zero-order valence-corrected chi connectivity index (χ0v) is 6.78. The predicted molar refractivity (Wildman–Crippen MR) is 40.8 cm³/mol. The van der Waals surface area contributed by atoms with E-state index in [0.717, 1.165) is 0 Å². The van der Waals surface area contributed by atoms with E-state index in [9.17, 15) is 4.79 Å². The van der Waals surface area contributed by atoms with E-state index in [2.05, 4.69) is 0 Å². The maximum Gasteiger partial charge on any atom is 0.324 e. The van der Waals surface area contributed by atoms with Crippen molar-refractivity contribution >= 4 is 28.6 Å². The second-order valence-electron chi connectivity index (χ2n) is 1.87.